The lowest BCUT2D eigenvalue weighted by atomic mass is 10.1. The third kappa shape index (κ3) is 3.94. The second-order valence-corrected chi connectivity index (χ2v) is 5.13. The summed E-state index contributed by atoms with van der Waals surface area (Å²) in [7, 11) is 0. The van der Waals surface area contributed by atoms with Crippen LogP contribution in [-0.4, -0.2) is 41.7 Å². The molecule has 5 heteroatoms. The standard InChI is InChI=1S/C14H21N3O2/c1-10-2-3-11(8-13(10)15)16-14(19)9-17-6-4-12(18)5-7-17/h2-3,8,12,18H,4-7,9,15H2,1H3,(H,16,19). The van der Waals surface area contributed by atoms with Crippen LogP contribution in [0.2, 0.25) is 0 Å². The van der Waals surface area contributed by atoms with Gasteiger partial charge in [0.05, 0.1) is 12.6 Å². The number of aliphatic hydroxyl groups is 1. The van der Waals surface area contributed by atoms with Crippen LogP contribution in [0.3, 0.4) is 0 Å². The van der Waals surface area contributed by atoms with Crippen molar-refractivity contribution in [1.82, 2.24) is 4.90 Å². The number of nitrogens with one attached hydrogen (secondary N) is 1. The molecule has 1 aliphatic heterocycles. The van der Waals surface area contributed by atoms with E-state index in [1.165, 1.54) is 0 Å². The number of nitrogens with two attached hydrogens (primary N) is 1. The number of piperidine rings is 1. The summed E-state index contributed by atoms with van der Waals surface area (Å²) < 4.78 is 0. The van der Waals surface area contributed by atoms with Crippen LogP contribution in [0, 0.1) is 6.92 Å². The van der Waals surface area contributed by atoms with E-state index < -0.39 is 0 Å². The molecule has 0 aliphatic carbocycles. The highest BCUT2D eigenvalue weighted by molar-refractivity contribution is 5.92. The molecule has 1 heterocycles. The minimum Gasteiger partial charge on any atom is -0.398 e. The molecule has 0 unspecified atom stereocenters. The van der Waals surface area contributed by atoms with Crippen LogP contribution < -0.4 is 11.1 Å². The molecule has 0 aromatic heterocycles. The maximum Gasteiger partial charge on any atom is 0.238 e. The number of aryl methyl sites for hydroxylation is 1. The van der Waals surface area contributed by atoms with Gasteiger partial charge in [0.2, 0.25) is 5.91 Å². The first-order valence-corrected chi connectivity index (χ1v) is 6.61. The fraction of sp³-hybridized carbons (Fsp3) is 0.500. The third-order valence-corrected chi connectivity index (χ3v) is 3.49. The van der Waals surface area contributed by atoms with E-state index in [4.69, 9.17) is 5.73 Å². The summed E-state index contributed by atoms with van der Waals surface area (Å²) in [6.07, 6.45) is 1.27. The first-order valence-electron chi connectivity index (χ1n) is 6.61. The van der Waals surface area contributed by atoms with Crippen molar-refractivity contribution in [2.45, 2.75) is 25.9 Å². The molecule has 5 nitrogen and oxygen atoms in total. The SMILES string of the molecule is Cc1ccc(NC(=O)CN2CCC(O)CC2)cc1N. The normalized spacial score (nSPS) is 17.4. The summed E-state index contributed by atoms with van der Waals surface area (Å²) >= 11 is 0. The van der Waals surface area contributed by atoms with E-state index in [0.29, 0.717) is 12.2 Å². The second-order valence-electron chi connectivity index (χ2n) is 5.13. The molecule has 0 atom stereocenters. The molecule has 2 rings (SSSR count). The van der Waals surface area contributed by atoms with Crippen LogP contribution in [0.4, 0.5) is 11.4 Å². The number of aliphatic hydroxyl groups excluding tert-OH is 1. The van der Waals surface area contributed by atoms with Gasteiger partial charge in [-0.25, -0.2) is 0 Å². The van der Waals surface area contributed by atoms with Gasteiger partial charge in [0, 0.05) is 24.5 Å². The van der Waals surface area contributed by atoms with Crippen LogP contribution in [0.5, 0.6) is 0 Å². The van der Waals surface area contributed by atoms with Gasteiger partial charge in [-0.05, 0) is 37.5 Å². The van der Waals surface area contributed by atoms with Gasteiger partial charge in [-0.15, -0.1) is 0 Å². The minimum atomic E-state index is -0.212. The Morgan fingerprint density at radius 2 is 2.16 bits per heavy atom. The molecular formula is C14H21N3O2. The summed E-state index contributed by atoms with van der Waals surface area (Å²) in [5, 5.41) is 12.3. The highest BCUT2D eigenvalue weighted by atomic mass is 16.3. The zero-order valence-electron chi connectivity index (χ0n) is 11.2. The van der Waals surface area contributed by atoms with E-state index in [1.54, 1.807) is 6.07 Å². The van der Waals surface area contributed by atoms with Crippen molar-refractivity contribution in [2.75, 3.05) is 30.7 Å². The number of amides is 1. The average molecular weight is 263 g/mol. The number of benzene rings is 1. The van der Waals surface area contributed by atoms with Crippen LogP contribution >= 0.6 is 0 Å². The van der Waals surface area contributed by atoms with Gasteiger partial charge in [-0.2, -0.15) is 0 Å². The fourth-order valence-electron chi connectivity index (χ4n) is 2.20. The molecule has 1 aromatic rings. The Bertz CT molecular complexity index is 454. The highest BCUT2D eigenvalue weighted by Gasteiger charge is 2.18. The Balaban J connectivity index is 1.85. The fourth-order valence-corrected chi connectivity index (χ4v) is 2.20. The van der Waals surface area contributed by atoms with Gasteiger partial charge in [0.25, 0.3) is 0 Å². The van der Waals surface area contributed by atoms with Crippen LogP contribution in [0.15, 0.2) is 18.2 Å². The smallest absolute Gasteiger partial charge is 0.238 e. The molecule has 0 radical (unpaired) electrons. The summed E-state index contributed by atoms with van der Waals surface area (Å²) in [5.74, 6) is -0.0420. The molecule has 104 valence electrons. The Labute approximate surface area is 113 Å². The van der Waals surface area contributed by atoms with Gasteiger partial charge < -0.3 is 16.2 Å². The molecule has 1 aliphatic rings. The average Bonchev–Trinajstić information content (AvgIpc) is 2.37. The molecule has 1 aromatic carbocycles. The van der Waals surface area contributed by atoms with Crippen molar-refractivity contribution in [1.29, 1.82) is 0 Å². The molecule has 0 saturated carbocycles. The maximum absolute atomic E-state index is 11.9. The van der Waals surface area contributed by atoms with Crippen molar-refractivity contribution in [3.8, 4) is 0 Å². The van der Waals surface area contributed by atoms with Crippen LogP contribution in [-0.2, 0) is 4.79 Å². The second kappa shape index (κ2) is 6.04. The van der Waals surface area contributed by atoms with E-state index in [0.717, 1.165) is 37.2 Å². The Kier molecular flexibility index (Phi) is 4.39. The van der Waals surface area contributed by atoms with E-state index in [9.17, 15) is 9.90 Å². The lowest BCUT2D eigenvalue weighted by molar-refractivity contribution is -0.117. The number of nitrogens with zero attached hydrogens (tertiary/aromatic N) is 1. The molecule has 19 heavy (non-hydrogen) atoms. The number of likely N-dealkylation sites (tertiary alicyclic amines) is 1. The van der Waals surface area contributed by atoms with E-state index in [2.05, 4.69) is 10.2 Å². The lowest BCUT2D eigenvalue weighted by Gasteiger charge is -2.28. The summed E-state index contributed by atoms with van der Waals surface area (Å²) in [5.41, 5.74) is 8.22. The third-order valence-electron chi connectivity index (χ3n) is 3.49. The number of carbonyl (C=O) groups excluding carboxylic acids is 1. The number of carbonyl (C=O) groups is 1. The zero-order chi connectivity index (χ0) is 13.8. The maximum atomic E-state index is 11.9. The first kappa shape index (κ1) is 13.8. The van der Waals surface area contributed by atoms with E-state index >= 15 is 0 Å². The quantitative estimate of drug-likeness (QED) is 0.710. The van der Waals surface area contributed by atoms with Crippen molar-refractivity contribution in [3.63, 3.8) is 0 Å². The largest absolute Gasteiger partial charge is 0.398 e. The van der Waals surface area contributed by atoms with Gasteiger partial charge in [0.15, 0.2) is 0 Å². The number of nitrogen functional groups attached to an aromatic ring is 1. The Morgan fingerprint density at radius 3 is 2.79 bits per heavy atom. The number of rotatable bonds is 3. The van der Waals surface area contributed by atoms with E-state index in [-0.39, 0.29) is 12.0 Å². The highest BCUT2D eigenvalue weighted by Crippen LogP contribution is 2.17. The van der Waals surface area contributed by atoms with Crippen molar-refractivity contribution in [3.05, 3.63) is 23.8 Å². The van der Waals surface area contributed by atoms with Crippen LogP contribution in [0.25, 0.3) is 0 Å². The summed E-state index contributed by atoms with van der Waals surface area (Å²) in [4.78, 5) is 14.0. The summed E-state index contributed by atoms with van der Waals surface area (Å²) in [6, 6.07) is 5.51. The summed E-state index contributed by atoms with van der Waals surface area (Å²) in [6.45, 7) is 3.83. The number of hydrogen-bond acceptors (Lipinski definition) is 4. The van der Waals surface area contributed by atoms with Gasteiger partial charge in [-0.1, -0.05) is 6.07 Å². The van der Waals surface area contributed by atoms with Crippen LogP contribution in [0.1, 0.15) is 18.4 Å². The van der Waals surface area contributed by atoms with Crippen molar-refractivity contribution >= 4 is 17.3 Å². The number of hydrogen-bond donors (Lipinski definition) is 3. The Hall–Kier alpha value is -1.59. The van der Waals surface area contributed by atoms with Gasteiger partial charge in [-0.3, -0.25) is 9.69 Å². The van der Waals surface area contributed by atoms with Gasteiger partial charge >= 0.3 is 0 Å². The zero-order valence-corrected chi connectivity index (χ0v) is 11.2. The molecule has 1 saturated heterocycles. The Morgan fingerprint density at radius 1 is 1.47 bits per heavy atom. The van der Waals surface area contributed by atoms with Crippen molar-refractivity contribution < 1.29 is 9.90 Å². The molecule has 0 spiro atoms. The lowest BCUT2D eigenvalue weighted by Crippen LogP contribution is -2.40. The molecule has 0 bridgehead atoms. The molecule has 1 fully saturated rings. The molecule has 4 N–H and O–H groups in total. The molecular weight excluding hydrogens is 242 g/mol. The molecule has 1 amide bonds. The van der Waals surface area contributed by atoms with E-state index in [1.807, 2.05) is 19.1 Å². The monoisotopic (exact) mass is 263 g/mol. The first-order chi connectivity index (χ1) is 9.04. The topological polar surface area (TPSA) is 78.6 Å². The van der Waals surface area contributed by atoms with Crippen molar-refractivity contribution in [2.24, 2.45) is 0 Å². The minimum absolute atomic E-state index is 0.0420. The van der Waals surface area contributed by atoms with Gasteiger partial charge in [0.1, 0.15) is 0 Å². The number of anilines is 2. The predicted molar refractivity (Wildman–Crippen MR) is 75.9 cm³/mol. The predicted octanol–water partition coefficient (Wildman–Crippen LogP) is 0.972.